The van der Waals surface area contributed by atoms with Crippen LogP contribution in [-0.2, 0) is 42.9 Å². The van der Waals surface area contributed by atoms with Gasteiger partial charge in [-0.15, -0.1) is 0 Å². The average molecular weight is 975 g/mol. The molecule has 0 amide bonds. The third kappa shape index (κ3) is 36.3. The van der Waals surface area contributed by atoms with E-state index in [0.29, 0.717) is 19.3 Å². The summed E-state index contributed by atoms with van der Waals surface area (Å²) >= 11 is 0. The first-order valence-electron chi connectivity index (χ1n) is 27.6. The van der Waals surface area contributed by atoms with E-state index in [0.717, 1.165) is 109 Å². The highest BCUT2D eigenvalue weighted by atomic mass is 16.7. The van der Waals surface area contributed by atoms with Crippen molar-refractivity contribution in [3.05, 3.63) is 48.6 Å². The Morgan fingerprint density at radius 3 is 1.41 bits per heavy atom. The van der Waals surface area contributed by atoms with Gasteiger partial charge in [0.15, 0.2) is 24.6 Å². The number of hydrogen-bond acceptors (Lipinski definition) is 11. The van der Waals surface area contributed by atoms with E-state index in [2.05, 4.69) is 69.4 Å². The van der Waals surface area contributed by atoms with Gasteiger partial charge in [0.25, 0.3) is 0 Å². The fourth-order valence-corrected chi connectivity index (χ4v) is 8.06. The van der Waals surface area contributed by atoms with Crippen LogP contribution in [0.25, 0.3) is 0 Å². The second-order valence-corrected chi connectivity index (χ2v) is 18.9. The molecule has 0 spiro atoms. The van der Waals surface area contributed by atoms with Crippen molar-refractivity contribution < 1.29 is 58.2 Å². The highest BCUT2D eigenvalue weighted by molar-refractivity contribution is 5.74. The molecule has 1 fully saturated rings. The lowest BCUT2D eigenvalue weighted by atomic mass is 9.98. The molecule has 12 nitrogen and oxygen atoms in total. The summed E-state index contributed by atoms with van der Waals surface area (Å²) in [7, 11) is 0. The summed E-state index contributed by atoms with van der Waals surface area (Å²) in [5, 5.41) is 31.4. The number of aliphatic carboxylic acids is 1. The maximum atomic E-state index is 13.0. The quantitative estimate of drug-likeness (QED) is 0.0228. The van der Waals surface area contributed by atoms with Crippen molar-refractivity contribution in [1.29, 1.82) is 0 Å². The van der Waals surface area contributed by atoms with Gasteiger partial charge in [0.1, 0.15) is 18.8 Å². The van der Waals surface area contributed by atoms with Gasteiger partial charge in [-0.05, 0) is 77.0 Å². The number of carbonyl (C=O) groups is 4. The van der Waals surface area contributed by atoms with Crippen molar-refractivity contribution in [3.8, 4) is 0 Å². The fraction of sp³-hybridized carbons (Fsp3) is 0.789. The molecule has 3 N–H and O–H groups in total. The van der Waals surface area contributed by atoms with E-state index >= 15 is 0 Å². The molecule has 69 heavy (non-hydrogen) atoms. The molecular formula is C57H98O12. The number of allylic oxidation sites excluding steroid dienone is 8. The molecule has 1 aliphatic heterocycles. The molecule has 0 bridgehead atoms. The Morgan fingerprint density at radius 1 is 0.478 bits per heavy atom. The second kappa shape index (κ2) is 45.8. The number of carboxylic acid groups (broad SMARTS) is 1. The van der Waals surface area contributed by atoms with Crippen LogP contribution < -0.4 is 0 Å². The molecule has 0 aromatic carbocycles. The van der Waals surface area contributed by atoms with Crippen LogP contribution in [0.15, 0.2) is 48.6 Å². The standard InChI is InChI=1S/C57H98O12/c1-4-7-10-13-16-19-21-22-23-24-25-26-27-28-30-33-36-39-42-45-51(60)68-55-53(62)52(61)54(56(63)64)69-57(55)66-47-48(67-50(59)44-41-38-35-31-18-15-12-9-6-3)46-65-49(58)43-40-37-34-32-29-20-17-14-11-8-5-2/h14,16-17,19,22-23,25-26,48,52-55,57,61-62H,4-13,15,18,20-21,24,27-47H2,1-3H3,(H,63,64)/b17-14-,19-16-,23-22-,26-25-. The summed E-state index contributed by atoms with van der Waals surface area (Å²) in [5.41, 5.74) is 0. The predicted molar refractivity (Wildman–Crippen MR) is 276 cm³/mol. The predicted octanol–water partition coefficient (Wildman–Crippen LogP) is 13.4. The zero-order valence-corrected chi connectivity index (χ0v) is 43.6. The Bertz CT molecular complexity index is 1390. The minimum absolute atomic E-state index is 0.0464. The van der Waals surface area contributed by atoms with Gasteiger partial charge in [-0.1, -0.05) is 191 Å². The molecule has 1 rings (SSSR count). The molecule has 1 aliphatic rings. The summed E-state index contributed by atoms with van der Waals surface area (Å²) < 4.78 is 28.3. The van der Waals surface area contributed by atoms with Crippen molar-refractivity contribution in [2.45, 2.75) is 276 Å². The van der Waals surface area contributed by atoms with E-state index in [-0.39, 0.29) is 25.9 Å². The summed E-state index contributed by atoms with van der Waals surface area (Å²) in [4.78, 5) is 50.8. The summed E-state index contributed by atoms with van der Waals surface area (Å²) in [5.74, 6) is -3.14. The molecule has 0 saturated carbocycles. The highest BCUT2D eigenvalue weighted by Gasteiger charge is 2.50. The lowest BCUT2D eigenvalue weighted by Crippen LogP contribution is -2.61. The minimum Gasteiger partial charge on any atom is -0.479 e. The number of carboxylic acids is 1. The Kier molecular flexibility index (Phi) is 42.3. The van der Waals surface area contributed by atoms with Crippen molar-refractivity contribution in [3.63, 3.8) is 0 Å². The van der Waals surface area contributed by atoms with E-state index in [1.165, 1.54) is 70.6 Å². The number of hydrogen-bond donors (Lipinski definition) is 3. The van der Waals surface area contributed by atoms with Gasteiger partial charge in [0, 0.05) is 19.3 Å². The van der Waals surface area contributed by atoms with Crippen LogP contribution in [-0.4, -0.2) is 89.2 Å². The van der Waals surface area contributed by atoms with Gasteiger partial charge in [-0.2, -0.15) is 0 Å². The lowest BCUT2D eigenvalue weighted by Gasteiger charge is -2.40. The molecule has 0 aromatic heterocycles. The topological polar surface area (TPSA) is 175 Å². The molecule has 0 radical (unpaired) electrons. The van der Waals surface area contributed by atoms with E-state index in [9.17, 15) is 34.5 Å². The Morgan fingerprint density at radius 2 is 0.884 bits per heavy atom. The lowest BCUT2D eigenvalue weighted by molar-refractivity contribution is -0.301. The zero-order chi connectivity index (χ0) is 50.4. The van der Waals surface area contributed by atoms with Gasteiger partial charge in [0.2, 0.25) is 0 Å². The molecule has 1 saturated heterocycles. The number of unbranched alkanes of at least 4 members (excludes halogenated alkanes) is 24. The van der Waals surface area contributed by atoms with Crippen molar-refractivity contribution in [1.82, 2.24) is 0 Å². The average Bonchev–Trinajstić information content (AvgIpc) is 3.33. The third-order valence-corrected chi connectivity index (χ3v) is 12.4. The second-order valence-electron chi connectivity index (χ2n) is 18.9. The molecule has 398 valence electrons. The number of aliphatic hydroxyl groups is 2. The van der Waals surface area contributed by atoms with Crippen LogP contribution in [0.3, 0.4) is 0 Å². The molecule has 6 atom stereocenters. The van der Waals surface area contributed by atoms with Crippen LogP contribution in [0.5, 0.6) is 0 Å². The summed E-state index contributed by atoms with van der Waals surface area (Å²) in [6.07, 6.45) is 41.0. The SMILES string of the molecule is CCCC/C=C\CCCCCCCC(=O)OCC(COC1OC(C(=O)O)C(O)C(O)C1OC(=O)CCCCCCCC/C=C\C/C=C\C/C=C\CCCCC)OC(=O)CCCCCCCCCCC. The monoisotopic (exact) mass is 975 g/mol. The van der Waals surface area contributed by atoms with Gasteiger partial charge < -0.3 is 39.0 Å². The van der Waals surface area contributed by atoms with Crippen molar-refractivity contribution >= 4 is 23.9 Å². The molecule has 12 heteroatoms. The zero-order valence-electron chi connectivity index (χ0n) is 43.6. The normalized spacial score (nSPS) is 19.0. The molecule has 1 heterocycles. The van der Waals surface area contributed by atoms with Gasteiger partial charge in [0.05, 0.1) is 6.61 Å². The fourth-order valence-electron chi connectivity index (χ4n) is 8.06. The van der Waals surface area contributed by atoms with Crippen molar-refractivity contribution in [2.24, 2.45) is 0 Å². The highest BCUT2D eigenvalue weighted by Crippen LogP contribution is 2.26. The molecular weight excluding hydrogens is 877 g/mol. The molecule has 0 aromatic rings. The number of esters is 3. The van der Waals surface area contributed by atoms with Gasteiger partial charge >= 0.3 is 23.9 Å². The van der Waals surface area contributed by atoms with Crippen LogP contribution in [0.4, 0.5) is 0 Å². The first-order valence-corrected chi connectivity index (χ1v) is 27.6. The van der Waals surface area contributed by atoms with E-state index in [1.807, 2.05) is 0 Å². The van der Waals surface area contributed by atoms with Gasteiger partial charge in [-0.25, -0.2) is 4.79 Å². The Labute approximate surface area is 418 Å². The number of carbonyl (C=O) groups excluding carboxylic acids is 3. The largest absolute Gasteiger partial charge is 0.479 e. The number of rotatable bonds is 46. The number of ether oxygens (including phenoxy) is 5. The first-order chi connectivity index (χ1) is 33.6. The maximum Gasteiger partial charge on any atom is 0.335 e. The van der Waals surface area contributed by atoms with Crippen LogP contribution in [0, 0.1) is 0 Å². The molecule has 0 aliphatic carbocycles. The summed E-state index contributed by atoms with van der Waals surface area (Å²) in [6, 6.07) is 0. The third-order valence-electron chi connectivity index (χ3n) is 12.4. The maximum absolute atomic E-state index is 13.0. The summed E-state index contributed by atoms with van der Waals surface area (Å²) in [6.45, 7) is 5.88. The smallest absolute Gasteiger partial charge is 0.335 e. The Hall–Kier alpha value is -3.32. The van der Waals surface area contributed by atoms with E-state index in [1.54, 1.807) is 0 Å². The number of aliphatic hydroxyl groups excluding tert-OH is 2. The van der Waals surface area contributed by atoms with Crippen molar-refractivity contribution in [2.75, 3.05) is 13.2 Å². The van der Waals surface area contributed by atoms with E-state index < -0.39 is 67.3 Å². The Balaban J connectivity index is 2.67. The van der Waals surface area contributed by atoms with E-state index in [4.69, 9.17) is 23.7 Å². The first kappa shape index (κ1) is 63.7. The van der Waals surface area contributed by atoms with Crippen LogP contribution >= 0.6 is 0 Å². The van der Waals surface area contributed by atoms with Gasteiger partial charge in [-0.3, -0.25) is 14.4 Å². The minimum atomic E-state index is -1.91. The van der Waals surface area contributed by atoms with Crippen LogP contribution in [0.1, 0.15) is 239 Å². The molecule has 6 unspecified atom stereocenters. The van der Waals surface area contributed by atoms with Crippen LogP contribution in [0.2, 0.25) is 0 Å².